The van der Waals surface area contributed by atoms with E-state index in [0.29, 0.717) is 5.92 Å². The Kier molecular flexibility index (Phi) is 4.78. The van der Waals surface area contributed by atoms with Crippen LogP contribution < -0.4 is 5.32 Å². The molecule has 0 spiro atoms. The molecule has 1 aromatic carbocycles. The summed E-state index contributed by atoms with van der Waals surface area (Å²) in [5.41, 5.74) is 0.753. The normalized spacial score (nSPS) is 34.2. The molecule has 1 aliphatic heterocycles. The Labute approximate surface area is 126 Å². The predicted molar refractivity (Wildman–Crippen MR) is 81.0 cm³/mol. The Bertz CT molecular complexity index is 436. The van der Waals surface area contributed by atoms with E-state index in [9.17, 15) is 5.11 Å². The molecule has 0 bridgehead atoms. The van der Waals surface area contributed by atoms with E-state index in [1.165, 1.54) is 12.0 Å². The lowest BCUT2D eigenvalue weighted by Gasteiger charge is -2.48. The largest absolute Gasteiger partial charge is 0.389 e. The molecule has 0 aromatic heterocycles. The Hall–Kier alpha value is -0.280. The van der Waals surface area contributed by atoms with Crippen molar-refractivity contribution in [2.24, 2.45) is 5.92 Å². The van der Waals surface area contributed by atoms with E-state index in [4.69, 9.17) is 11.6 Å². The molecule has 1 heterocycles. The summed E-state index contributed by atoms with van der Waals surface area (Å²) in [6.45, 7) is 0.893. The monoisotopic (exact) mass is 301 g/mol. The number of fused-ring (bicyclic) bond motifs is 1. The van der Waals surface area contributed by atoms with Crippen molar-refractivity contribution in [1.29, 1.82) is 0 Å². The van der Waals surface area contributed by atoms with E-state index < -0.39 is 5.60 Å². The van der Waals surface area contributed by atoms with Crippen molar-refractivity contribution in [1.82, 2.24) is 5.32 Å². The molecular formula is C15H21Cl2NO. The van der Waals surface area contributed by atoms with Crippen LogP contribution in [0.3, 0.4) is 0 Å². The summed E-state index contributed by atoms with van der Waals surface area (Å²) in [5.74, 6) is 0.332. The zero-order chi connectivity index (χ0) is 12.6. The standard InChI is InChI=1S/C15H20ClNO.ClH/c16-12-5-3-4-11(10-12)14-13-6-1-2-7-15(13,18)8-9-17-14;/h3-5,10,13-14,17-18H,1-2,6-9H2;1H. The van der Waals surface area contributed by atoms with Crippen LogP contribution in [0.1, 0.15) is 43.7 Å². The van der Waals surface area contributed by atoms with Crippen molar-refractivity contribution in [3.63, 3.8) is 0 Å². The van der Waals surface area contributed by atoms with Crippen molar-refractivity contribution in [3.8, 4) is 0 Å². The van der Waals surface area contributed by atoms with Crippen LogP contribution in [0.4, 0.5) is 0 Å². The van der Waals surface area contributed by atoms with Gasteiger partial charge >= 0.3 is 0 Å². The number of nitrogens with one attached hydrogen (secondary N) is 1. The van der Waals surface area contributed by atoms with Crippen LogP contribution in [0.15, 0.2) is 24.3 Å². The zero-order valence-electron chi connectivity index (χ0n) is 10.9. The maximum atomic E-state index is 10.8. The lowest BCUT2D eigenvalue weighted by Crippen LogP contribution is -2.53. The fourth-order valence-electron chi connectivity index (χ4n) is 3.67. The smallest absolute Gasteiger partial charge is 0.0706 e. The van der Waals surface area contributed by atoms with Gasteiger partial charge in [0.2, 0.25) is 0 Å². The quantitative estimate of drug-likeness (QED) is 0.828. The fraction of sp³-hybridized carbons (Fsp3) is 0.600. The lowest BCUT2D eigenvalue weighted by molar-refractivity contribution is -0.0861. The second-order valence-electron chi connectivity index (χ2n) is 5.69. The molecule has 0 radical (unpaired) electrons. The first-order chi connectivity index (χ1) is 8.69. The highest BCUT2D eigenvalue weighted by molar-refractivity contribution is 6.30. The minimum Gasteiger partial charge on any atom is -0.389 e. The fourth-order valence-corrected chi connectivity index (χ4v) is 3.87. The van der Waals surface area contributed by atoms with E-state index in [1.54, 1.807) is 0 Å². The topological polar surface area (TPSA) is 32.3 Å². The van der Waals surface area contributed by atoms with E-state index in [1.807, 2.05) is 18.2 Å². The first-order valence-corrected chi connectivity index (χ1v) is 7.28. The summed E-state index contributed by atoms with van der Waals surface area (Å²) in [6.07, 6.45) is 5.34. The number of piperidine rings is 1. The molecule has 2 nitrogen and oxygen atoms in total. The lowest BCUT2D eigenvalue weighted by atomic mass is 9.67. The SMILES string of the molecule is Cl.OC12CCCCC1C(c1cccc(Cl)c1)NCC2. The van der Waals surface area contributed by atoms with Crippen LogP contribution in [0.5, 0.6) is 0 Å². The zero-order valence-corrected chi connectivity index (χ0v) is 12.5. The van der Waals surface area contributed by atoms with Gasteiger partial charge in [0.15, 0.2) is 0 Å². The van der Waals surface area contributed by atoms with Crippen molar-refractivity contribution >= 4 is 24.0 Å². The number of aliphatic hydroxyl groups is 1. The van der Waals surface area contributed by atoms with Crippen LogP contribution in [0.2, 0.25) is 5.02 Å². The third-order valence-corrected chi connectivity index (χ3v) is 4.83. The van der Waals surface area contributed by atoms with Gasteiger partial charge in [-0.3, -0.25) is 0 Å². The second-order valence-corrected chi connectivity index (χ2v) is 6.13. The van der Waals surface area contributed by atoms with Crippen LogP contribution in [-0.4, -0.2) is 17.3 Å². The molecule has 1 saturated carbocycles. The second kappa shape index (κ2) is 6.01. The van der Waals surface area contributed by atoms with E-state index in [-0.39, 0.29) is 18.4 Å². The van der Waals surface area contributed by atoms with Gasteiger partial charge in [-0.1, -0.05) is 36.6 Å². The molecule has 2 fully saturated rings. The minimum absolute atomic E-state index is 0. The molecule has 1 saturated heterocycles. The van der Waals surface area contributed by atoms with Gasteiger partial charge in [0.05, 0.1) is 5.60 Å². The first kappa shape index (κ1) is 15.1. The highest BCUT2D eigenvalue weighted by Crippen LogP contribution is 2.45. The summed E-state index contributed by atoms with van der Waals surface area (Å²) < 4.78 is 0. The maximum Gasteiger partial charge on any atom is 0.0706 e. The van der Waals surface area contributed by atoms with Gasteiger partial charge in [0.25, 0.3) is 0 Å². The highest BCUT2D eigenvalue weighted by atomic mass is 35.5. The molecule has 106 valence electrons. The molecule has 3 atom stereocenters. The Morgan fingerprint density at radius 2 is 2.11 bits per heavy atom. The van der Waals surface area contributed by atoms with Gasteiger partial charge in [-0.05, 0) is 43.5 Å². The molecule has 19 heavy (non-hydrogen) atoms. The number of rotatable bonds is 1. The van der Waals surface area contributed by atoms with Gasteiger partial charge in [0, 0.05) is 17.0 Å². The van der Waals surface area contributed by atoms with E-state index >= 15 is 0 Å². The Morgan fingerprint density at radius 3 is 2.89 bits per heavy atom. The van der Waals surface area contributed by atoms with Crippen molar-refractivity contribution in [2.45, 2.75) is 43.7 Å². The van der Waals surface area contributed by atoms with Crippen molar-refractivity contribution in [2.75, 3.05) is 6.54 Å². The molecule has 4 heteroatoms. The van der Waals surface area contributed by atoms with E-state index in [0.717, 1.165) is 37.3 Å². The van der Waals surface area contributed by atoms with Crippen LogP contribution in [0.25, 0.3) is 0 Å². The van der Waals surface area contributed by atoms with Crippen LogP contribution in [-0.2, 0) is 0 Å². The average molecular weight is 302 g/mol. The Morgan fingerprint density at radius 1 is 1.26 bits per heavy atom. The van der Waals surface area contributed by atoms with E-state index in [2.05, 4.69) is 11.4 Å². The summed E-state index contributed by atoms with van der Waals surface area (Å²) in [6, 6.07) is 8.29. The van der Waals surface area contributed by atoms with Crippen molar-refractivity contribution < 1.29 is 5.11 Å². The summed E-state index contributed by atoms with van der Waals surface area (Å²) in [4.78, 5) is 0. The predicted octanol–water partition coefficient (Wildman–Crippen LogP) is 3.72. The third kappa shape index (κ3) is 2.92. The van der Waals surface area contributed by atoms with Gasteiger partial charge in [0.1, 0.15) is 0 Å². The van der Waals surface area contributed by atoms with Crippen molar-refractivity contribution in [3.05, 3.63) is 34.9 Å². The summed E-state index contributed by atoms with van der Waals surface area (Å²) in [7, 11) is 0. The summed E-state index contributed by atoms with van der Waals surface area (Å²) >= 11 is 6.08. The van der Waals surface area contributed by atoms with Gasteiger partial charge in [-0.15, -0.1) is 12.4 Å². The molecule has 1 aromatic rings. The van der Waals surface area contributed by atoms with Crippen LogP contribution in [0, 0.1) is 5.92 Å². The average Bonchev–Trinajstić information content (AvgIpc) is 2.37. The summed E-state index contributed by atoms with van der Waals surface area (Å²) in [5, 5.41) is 15.2. The molecule has 3 unspecified atom stereocenters. The Balaban J connectivity index is 0.00000133. The van der Waals surface area contributed by atoms with Gasteiger partial charge in [-0.25, -0.2) is 0 Å². The number of hydrogen-bond acceptors (Lipinski definition) is 2. The first-order valence-electron chi connectivity index (χ1n) is 6.90. The molecule has 3 rings (SSSR count). The van der Waals surface area contributed by atoms with Gasteiger partial charge < -0.3 is 10.4 Å². The molecule has 2 N–H and O–H groups in total. The molecule has 1 aliphatic carbocycles. The highest BCUT2D eigenvalue weighted by Gasteiger charge is 2.45. The number of hydrogen-bond donors (Lipinski definition) is 2. The molecule has 0 amide bonds. The van der Waals surface area contributed by atoms with Crippen LogP contribution >= 0.6 is 24.0 Å². The third-order valence-electron chi connectivity index (χ3n) is 4.60. The molecule has 2 aliphatic rings. The minimum atomic E-state index is -0.462. The number of halogens is 2. The van der Waals surface area contributed by atoms with Gasteiger partial charge in [-0.2, -0.15) is 0 Å². The number of benzene rings is 1. The molecular weight excluding hydrogens is 281 g/mol. The maximum absolute atomic E-state index is 10.8.